The number of hydrogen-bond donors (Lipinski definition) is 2. The predicted octanol–water partition coefficient (Wildman–Crippen LogP) is 9.81. The summed E-state index contributed by atoms with van der Waals surface area (Å²) in [6.07, 6.45) is 9.51. The highest BCUT2D eigenvalue weighted by molar-refractivity contribution is 7.41. The van der Waals surface area contributed by atoms with Gasteiger partial charge in [-0.25, -0.2) is 0 Å². The molecule has 228 valence electrons. The van der Waals surface area contributed by atoms with Crippen molar-refractivity contribution in [3.05, 3.63) is 71.8 Å². The summed E-state index contributed by atoms with van der Waals surface area (Å²) in [5.41, 5.74) is 2.34. The smallest absolute Gasteiger partial charge is 0.328 e. The number of hydrogen-bond acceptors (Lipinski definition) is 6. The summed E-state index contributed by atoms with van der Waals surface area (Å²) in [5.74, 6) is 0.450. The van der Waals surface area contributed by atoms with Gasteiger partial charge in [-0.05, 0) is 55.6 Å². The van der Waals surface area contributed by atoms with Gasteiger partial charge in [-0.2, -0.15) is 0 Å². The van der Waals surface area contributed by atoms with Crippen molar-refractivity contribution in [1.82, 2.24) is 0 Å². The second kappa shape index (κ2) is 23.6. The molecule has 6 nitrogen and oxygen atoms in total. The molecule has 2 N–H and O–H groups in total. The molecule has 0 fully saturated rings. The van der Waals surface area contributed by atoms with Gasteiger partial charge < -0.3 is 27.9 Å². The van der Waals surface area contributed by atoms with E-state index in [4.69, 9.17) is 18.1 Å². The summed E-state index contributed by atoms with van der Waals surface area (Å²) in [4.78, 5) is 18.4. The van der Waals surface area contributed by atoms with Crippen LogP contribution in [0.2, 0.25) is 0 Å². The lowest BCUT2D eigenvalue weighted by atomic mass is 9.73. The van der Waals surface area contributed by atoms with Crippen molar-refractivity contribution in [2.75, 3.05) is 26.4 Å². The summed E-state index contributed by atoms with van der Waals surface area (Å²) >= 11 is 0. The monoisotopic (exact) mass is 596 g/mol. The largest absolute Gasteiger partial charge is 0.332 e. The van der Waals surface area contributed by atoms with E-state index in [1.807, 2.05) is 24.3 Å². The van der Waals surface area contributed by atoms with Crippen molar-refractivity contribution in [1.29, 1.82) is 0 Å². The number of unbranched alkanes of at least 4 members (excludes halogenated alkanes) is 3. The Morgan fingerprint density at radius 1 is 0.700 bits per heavy atom. The molecule has 2 aromatic rings. The van der Waals surface area contributed by atoms with E-state index >= 15 is 0 Å². The zero-order valence-corrected chi connectivity index (χ0v) is 27.3. The SMILES string of the molecule is CCC(CCC(C)c1ccccc1)(COP(O)O)c1ccccc1.CCCCOP(OCCCC)OCCCC. The molecule has 0 aromatic heterocycles. The molecule has 40 heavy (non-hydrogen) atoms. The molecule has 0 aliphatic carbocycles. The fraction of sp³-hybridized carbons (Fsp3) is 0.625. The quantitative estimate of drug-likeness (QED) is 0.110. The predicted molar refractivity (Wildman–Crippen MR) is 169 cm³/mol. The summed E-state index contributed by atoms with van der Waals surface area (Å²) in [6, 6.07) is 20.8. The maximum absolute atomic E-state index is 9.21. The van der Waals surface area contributed by atoms with Crippen LogP contribution in [0.5, 0.6) is 0 Å². The Bertz CT molecular complexity index is 803. The molecule has 0 saturated carbocycles. The number of benzene rings is 2. The fourth-order valence-electron chi connectivity index (χ4n) is 4.16. The van der Waals surface area contributed by atoms with E-state index in [1.165, 1.54) is 11.1 Å². The van der Waals surface area contributed by atoms with E-state index in [2.05, 4.69) is 71.0 Å². The van der Waals surface area contributed by atoms with Gasteiger partial charge in [0.15, 0.2) is 0 Å². The molecule has 0 heterocycles. The third kappa shape index (κ3) is 15.9. The molecular weight excluding hydrogens is 542 g/mol. The van der Waals surface area contributed by atoms with Gasteiger partial charge in [0.05, 0.1) is 26.4 Å². The molecular formula is C32H54O6P2. The third-order valence-corrected chi connectivity index (χ3v) is 8.57. The van der Waals surface area contributed by atoms with Crippen molar-refractivity contribution in [3.8, 4) is 0 Å². The van der Waals surface area contributed by atoms with Crippen LogP contribution in [-0.2, 0) is 23.5 Å². The Labute approximate surface area is 246 Å². The lowest BCUT2D eigenvalue weighted by Crippen LogP contribution is -2.31. The molecule has 8 heteroatoms. The van der Waals surface area contributed by atoms with E-state index in [9.17, 15) is 9.79 Å². The first-order chi connectivity index (χ1) is 19.4. The Hall–Kier alpha value is -0.940. The molecule has 0 saturated heterocycles. The van der Waals surface area contributed by atoms with Crippen molar-refractivity contribution in [3.63, 3.8) is 0 Å². The van der Waals surface area contributed by atoms with Crippen molar-refractivity contribution < 1.29 is 27.9 Å². The maximum Gasteiger partial charge on any atom is 0.332 e. The maximum atomic E-state index is 9.21. The van der Waals surface area contributed by atoms with E-state index in [-0.39, 0.29) is 5.41 Å². The molecule has 2 unspecified atom stereocenters. The first-order valence-electron chi connectivity index (χ1n) is 15.0. The van der Waals surface area contributed by atoms with Crippen molar-refractivity contribution in [2.24, 2.45) is 0 Å². The minimum atomic E-state index is -2.33. The van der Waals surface area contributed by atoms with Gasteiger partial charge in [-0.15, -0.1) is 0 Å². The van der Waals surface area contributed by atoms with Gasteiger partial charge in [0.2, 0.25) is 0 Å². The molecule has 0 radical (unpaired) electrons. The molecule has 0 aliphatic heterocycles. The van der Waals surface area contributed by atoms with Crippen LogP contribution in [0.4, 0.5) is 0 Å². The zero-order chi connectivity index (χ0) is 29.5. The molecule has 2 rings (SSSR count). The van der Waals surface area contributed by atoms with Crippen LogP contribution in [0.1, 0.15) is 109 Å². The summed E-state index contributed by atoms with van der Waals surface area (Å²) in [6.45, 7) is 13.4. The van der Waals surface area contributed by atoms with Crippen LogP contribution in [0.3, 0.4) is 0 Å². The second-order valence-corrected chi connectivity index (χ2v) is 12.1. The van der Waals surface area contributed by atoms with Crippen molar-refractivity contribution in [2.45, 2.75) is 104 Å². The van der Waals surface area contributed by atoms with Gasteiger partial charge in [-0.3, -0.25) is 0 Å². The topological polar surface area (TPSA) is 77.4 Å². The minimum absolute atomic E-state index is 0.198. The summed E-state index contributed by atoms with van der Waals surface area (Å²) in [7, 11) is -3.43. The van der Waals surface area contributed by atoms with Crippen LogP contribution in [0.15, 0.2) is 60.7 Å². The van der Waals surface area contributed by atoms with E-state index in [0.717, 1.165) is 77.6 Å². The standard InChI is InChI=1S/C20H27O3P.C12H27O3P/c1-3-20(16-23-24(21)22,19-12-8-5-9-13-19)15-14-17(2)18-10-6-4-7-11-18;1-4-7-10-13-16(14-11-8-5-2)15-12-9-6-3/h4-13,17,21-22H,3,14-16H2,1-2H3;4-12H2,1-3H3. The summed E-state index contributed by atoms with van der Waals surface area (Å²) < 4.78 is 22.1. The Kier molecular flexibility index (Phi) is 21.9. The van der Waals surface area contributed by atoms with E-state index < -0.39 is 17.2 Å². The highest BCUT2D eigenvalue weighted by atomic mass is 31.2. The van der Waals surface area contributed by atoms with Crippen LogP contribution in [0.25, 0.3) is 0 Å². The van der Waals surface area contributed by atoms with Crippen LogP contribution in [0, 0.1) is 0 Å². The van der Waals surface area contributed by atoms with E-state index in [1.54, 1.807) is 0 Å². The Morgan fingerprint density at radius 3 is 1.60 bits per heavy atom. The molecule has 0 aliphatic rings. The van der Waals surface area contributed by atoms with Crippen molar-refractivity contribution >= 4 is 17.2 Å². The lowest BCUT2D eigenvalue weighted by Gasteiger charge is -2.34. The summed E-state index contributed by atoms with van der Waals surface area (Å²) in [5, 5.41) is 0. The highest BCUT2D eigenvalue weighted by Gasteiger charge is 2.32. The lowest BCUT2D eigenvalue weighted by molar-refractivity contribution is 0.155. The van der Waals surface area contributed by atoms with E-state index in [0.29, 0.717) is 12.5 Å². The minimum Gasteiger partial charge on any atom is -0.328 e. The second-order valence-electron chi connectivity index (χ2n) is 10.2. The first kappa shape index (κ1) is 37.1. The van der Waals surface area contributed by atoms with Gasteiger partial charge in [0.1, 0.15) is 0 Å². The van der Waals surface area contributed by atoms with Gasteiger partial charge in [0, 0.05) is 5.41 Å². The van der Waals surface area contributed by atoms with Crippen LogP contribution < -0.4 is 0 Å². The molecule has 2 atom stereocenters. The average Bonchev–Trinajstić information content (AvgIpc) is 2.98. The molecule has 0 amide bonds. The van der Waals surface area contributed by atoms with Gasteiger partial charge in [0.25, 0.3) is 0 Å². The van der Waals surface area contributed by atoms with Gasteiger partial charge in [-0.1, -0.05) is 115 Å². The normalized spacial score (nSPS) is 13.6. The highest BCUT2D eigenvalue weighted by Crippen LogP contribution is 2.41. The van der Waals surface area contributed by atoms with Crippen LogP contribution >= 0.6 is 17.2 Å². The van der Waals surface area contributed by atoms with Gasteiger partial charge >= 0.3 is 17.2 Å². The molecule has 0 bridgehead atoms. The van der Waals surface area contributed by atoms with Crippen LogP contribution in [-0.4, -0.2) is 36.2 Å². The first-order valence-corrected chi connectivity index (χ1v) is 17.3. The Balaban J connectivity index is 0.000000437. The number of rotatable bonds is 21. The third-order valence-electron chi connectivity index (χ3n) is 7.03. The molecule has 0 spiro atoms. The fourth-order valence-corrected chi connectivity index (χ4v) is 5.58. The molecule has 2 aromatic carbocycles. The zero-order valence-electron chi connectivity index (χ0n) is 25.5. The Morgan fingerprint density at radius 2 is 1.18 bits per heavy atom. The average molecular weight is 597 g/mol.